The van der Waals surface area contributed by atoms with Crippen LogP contribution in [0.5, 0.6) is 0 Å². The number of aliphatic hydroxyl groups is 1. The molecular weight excluding hydrogens is 362 g/mol. The molecule has 0 bridgehead atoms. The smallest absolute Gasteiger partial charge is 0.351 e. The summed E-state index contributed by atoms with van der Waals surface area (Å²) in [7, 11) is 0. The molecule has 2 aromatic heterocycles. The monoisotopic (exact) mass is 380 g/mol. The zero-order valence-corrected chi connectivity index (χ0v) is 14.2. The number of nitrogens with two attached hydrogens (primary N) is 1. The Morgan fingerprint density at radius 2 is 2.26 bits per heavy atom. The van der Waals surface area contributed by atoms with Crippen LogP contribution < -0.4 is 11.4 Å². The molecule has 1 saturated heterocycles. The highest BCUT2D eigenvalue weighted by Gasteiger charge is 2.59. The van der Waals surface area contributed by atoms with E-state index in [0.717, 1.165) is 17.5 Å². The molecule has 4 rings (SSSR count). The normalized spacial score (nSPS) is 27.4. The van der Waals surface area contributed by atoms with Crippen LogP contribution in [0, 0.1) is 0 Å². The fourth-order valence-electron chi connectivity index (χ4n) is 3.44. The van der Waals surface area contributed by atoms with Gasteiger partial charge in [0.2, 0.25) is 6.23 Å². The Morgan fingerprint density at radius 1 is 1.44 bits per heavy atom. The number of halogens is 2. The molecule has 0 amide bonds. The van der Waals surface area contributed by atoms with E-state index in [2.05, 4.69) is 15.0 Å². The minimum Gasteiger partial charge on any atom is -0.384 e. The summed E-state index contributed by atoms with van der Waals surface area (Å²) in [6.07, 6.45) is -0.222. The number of anilines is 1. The Hall–Kier alpha value is -2.50. The number of nitrogens with zero attached hydrogens (tertiary/aromatic N) is 5. The molecule has 2 aliphatic heterocycles. The number of ether oxygens (including phenoxy) is 1. The lowest BCUT2D eigenvalue weighted by Gasteiger charge is -2.30. The summed E-state index contributed by atoms with van der Waals surface area (Å²) < 4.78 is 35.2. The number of aromatic nitrogens is 4. The molecule has 4 heterocycles. The maximum absolute atomic E-state index is 14.6. The summed E-state index contributed by atoms with van der Waals surface area (Å²) in [6.45, 7) is 1.13. The maximum Gasteiger partial charge on any atom is 0.351 e. The zero-order valence-electron chi connectivity index (χ0n) is 14.2. The molecule has 3 atom stereocenters. The molecule has 0 spiro atoms. The number of hydrogen-bond donors (Lipinski definition) is 2. The predicted molar refractivity (Wildman–Crippen MR) is 88.8 cm³/mol. The standard InChI is InChI=1S/C16H18F2N6O3/c17-16(18)13(25)11(27-14(16)24-4-2-12(19)22-15(24)26)7-23-3-1-9-5-20-8-21-10(9)6-23/h2,4-5,8,11,13-14,25H,1,3,6-7H2,(H2,19,22,26)/t11-,13-,14-/m1/s1. The molecular formula is C16H18F2N6O3. The first kappa shape index (κ1) is 17.9. The summed E-state index contributed by atoms with van der Waals surface area (Å²) in [4.78, 5) is 25.4. The van der Waals surface area contributed by atoms with Crippen LogP contribution in [0.4, 0.5) is 14.6 Å². The van der Waals surface area contributed by atoms with Crippen LogP contribution >= 0.6 is 0 Å². The lowest BCUT2D eigenvalue weighted by molar-refractivity contribution is -0.140. The van der Waals surface area contributed by atoms with Gasteiger partial charge in [-0.25, -0.2) is 14.8 Å². The third-order valence-electron chi connectivity index (χ3n) is 4.87. The molecule has 11 heteroatoms. The molecule has 1 fully saturated rings. The van der Waals surface area contributed by atoms with Crippen molar-refractivity contribution in [1.82, 2.24) is 24.4 Å². The second kappa shape index (κ2) is 6.59. The van der Waals surface area contributed by atoms with Gasteiger partial charge in [0, 0.05) is 32.0 Å². The maximum atomic E-state index is 14.6. The van der Waals surface area contributed by atoms with E-state index in [1.54, 1.807) is 6.20 Å². The van der Waals surface area contributed by atoms with E-state index in [9.17, 15) is 18.7 Å². The van der Waals surface area contributed by atoms with E-state index in [4.69, 9.17) is 10.5 Å². The third kappa shape index (κ3) is 3.17. The Bertz CT molecular complexity index is 908. The molecule has 2 aromatic rings. The second-order valence-corrected chi connectivity index (χ2v) is 6.67. The van der Waals surface area contributed by atoms with Crippen LogP contribution in [0.1, 0.15) is 17.5 Å². The van der Waals surface area contributed by atoms with Crippen molar-refractivity contribution in [2.45, 2.75) is 37.3 Å². The third-order valence-corrected chi connectivity index (χ3v) is 4.87. The molecule has 0 unspecified atom stereocenters. The Balaban J connectivity index is 1.52. The Labute approximate surface area is 152 Å². The van der Waals surface area contributed by atoms with Gasteiger partial charge in [-0.1, -0.05) is 0 Å². The van der Waals surface area contributed by atoms with E-state index in [1.807, 2.05) is 4.90 Å². The molecule has 9 nitrogen and oxygen atoms in total. The topological polar surface area (TPSA) is 119 Å². The van der Waals surface area contributed by atoms with Crippen molar-refractivity contribution in [2.75, 3.05) is 18.8 Å². The minimum absolute atomic E-state index is 0.0772. The van der Waals surface area contributed by atoms with Crippen molar-refractivity contribution < 1.29 is 18.6 Å². The molecule has 0 aromatic carbocycles. The van der Waals surface area contributed by atoms with Crippen molar-refractivity contribution in [3.8, 4) is 0 Å². The van der Waals surface area contributed by atoms with E-state index >= 15 is 0 Å². The second-order valence-electron chi connectivity index (χ2n) is 6.67. The predicted octanol–water partition coefficient (Wildman–Crippen LogP) is -0.433. The summed E-state index contributed by atoms with van der Waals surface area (Å²) in [5.74, 6) is -3.73. The first-order valence-electron chi connectivity index (χ1n) is 8.42. The quantitative estimate of drug-likeness (QED) is 0.736. The first-order valence-corrected chi connectivity index (χ1v) is 8.42. The van der Waals surface area contributed by atoms with Crippen molar-refractivity contribution >= 4 is 5.82 Å². The molecule has 0 saturated carbocycles. The highest BCUT2D eigenvalue weighted by molar-refractivity contribution is 5.24. The SMILES string of the molecule is Nc1ccn([C@@H]2O[C@H](CN3CCc4cncnc4C3)[C@@H](O)C2(F)F)c(=O)n1. The Kier molecular flexibility index (Phi) is 4.36. The van der Waals surface area contributed by atoms with Gasteiger partial charge in [-0.15, -0.1) is 0 Å². The van der Waals surface area contributed by atoms with Gasteiger partial charge in [0.15, 0.2) is 0 Å². The highest BCUT2D eigenvalue weighted by Crippen LogP contribution is 2.42. The van der Waals surface area contributed by atoms with Crippen LogP contribution in [-0.2, 0) is 17.7 Å². The van der Waals surface area contributed by atoms with Crippen molar-refractivity contribution in [1.29, 1.82) is 0 Å². The van der Waals surface area contributed by atoms with Crippen LogP contribution in [0.25, 0.3) is 0 Å². The van der Waals surface area contributed by atoms with Gasteiger partial charge in [-0.3, -0.25) is 9.47 Å². The number of fused-ring (bicyclic) bond motifs is 1. The van der Waals surface area contributed by atoms with Gasteiger partial charge in [-0.05, 0) is 18.1 Å². The van der Waals surface area contributed by atoms with Gasteiger partial charge in [0.25, 0.3) is 0 Å². The van der Waals surface area contributed by atoms with Crippen LogP contribution in [0.3, 0.4) is 0 Å². The molecule has 27 heavy (non-hydrogen) atoms. The van der Waals surface area contributed by atoms with E-state index in [0.29, 0.717) is 24.1 Å². The van der Waals surface area contributed by atoms with Gasteiger partial charge in [0.1, 0.15) is 24.4 Å². The Morgan fingerprint density at radius 3 is 3.04 bits per heavy atom. The average Bonchev–Trinajstić information content (AvgIpc) is 2.85. The number of aliphatic hydroxyl groups excluding tert-OH is 1. The summed E-state index contributed by atoms with van der Waals surface area (Å²) in [5, 5.41) is 10.1. The van der Waals surface area contributed by atoms with Crippen molar-refractivity contribution in [3.05, 3.63) is 46.5 Å². The zero-order chi connectivity index (χ0) is 19.2. The summed E-state index contributed by atoms with van der Waals surface area (Å²) in [5.41, 5.74) is 6.27. The van der Waals surface area contributed by atoms with E-state index in [1.165, 1.54) is 12.4 Å². The molecule has 0 aliphatic carbocycles. The first-order chi connectivity index (χ1) is 12.9. The van der Waals surface area contributed by atoms with Crippen molar-refractivity contribution in [3.63, 3.8) is 0 Å². The van der Waals surface area contributed by atoms with Crippen LogP contribution in [-0.4, -0.2) is 60.7 Å². The van der Waals surface area contributed by atoms with E-state index in [-0.39, 0.29) is 12.4 Å². The lowest BCUT2D eigenvalue weighted by Crippen LogP contribution is -2.44. The van der Waals surface area contributed by atoms with Crippen molar-refractivity contribution in [2.24, 2.45) is 0 Å². The van der Waals surface area contributed by atoms with Crippen LogP contribution in [0.2, 0.25) is 0 Å². The average molecular weight is 380 g/mol. The van der Waals surface area contributed by atoms with Crippen LogP contribution in [0.15, 0.2) is 29.6 Å². The number of alkyl halides is 2. The highest BCUT2D eigenvalue weighted by atomic mass is 19.3. The largest absolute Gasteiger partial charge is 0.384 e. The fourth-order valence-corrected chi connectivity index (χ4v) is 3.44. The number of rotatable bonds is 3. The minimum atomic E-state index is -3.65. The molecule has 2 aliphatic rings. The fraction of sp³-hybridized carbons (Fsp3) is 0.500. The van der Waals surface area contributed by atoms with Gasteiger partial charge < -0.3 is 15.6 Å². The molecule has 144 valence electrons. The van der Waals surface area contributed by atoms with Gasteiger partial charge >= 0.3 is 11.6 Å². The molecule has 3 N–H and O–H groups in total. The van der Waals surface area contributed by atoms with E-state index < -0.39 is 30.0 Å². The molecule has 0 radical (unpaired) electrons. The summed E-state index contributed by atoms with van der Waals surface area (Å²) >= 11 is 0. The summed E-state index contributed by atoms with van der Waals surface area (Å²) in [6, 6.07) is 1.22. The number of nitrogen functional groups attached to an aromatic ring is 1. The van der Waals surface area contributed by atoms with Gasteiger partial charge in [0.05, 0.1) is 5.69 Å². The number of hydrogen-bond acceptors (Lipinski definition) is 8. The van der Waals surface area contributed by atoms with Gasteiger partial charge in [-0.2, -0.15) is 13.8 Å². The lowest BCUT2D eigenvalue weighted by atomic mass is 10.0.